The van der Waals surface area contributed by atoms with Gasteiger partial charge in [-0.05, 0) is 37.1 Å². The van der Waals surface area contributed by atoms with Crippen LogP contribution in [0.4, 0.5) is 5.69 Å². The fourth-order valence-electron chi connectivity index (χ4n) is 3.32. The quantitative estimate of drug-likeness (QED) is 0.689. The van der Waals surface area contributed by atoms with E-state index in [9.17, 15) is 9.59 Å². The number of aromatic nitrogens is 2. The lowest BCUT2D eigenvalue weighted by Gasteiger charge is -2.18. The van der Waals surface area contributed by atoms with Crippen molar-refractivity contribution in [3.05, 3.63) is 60.4 Å². The van der Waals surface area contributed by atoms with Crippen molar-refractivity contribution in [2.24, 2.45) is 5.92 Å². The first-order valence-electron chi connectivity index (χ1n) is 9.67. The van der Waals surface area contributed by atoms with Gasteiger partial charge in [-0.3, -0.25) is 9.59 Å². The molecule has 6 nitrogen and oxygen atoms in total. The normalized spacial score (nSPS) is 13.5. The van der Waals surface area contributed by atoms with Crippen molar-refractivity contribution < 1.29 is 9.59 Å². The number of carbonyl (C=O) groups is 2. The van der Waals surface area contributed by atoms with Crippen LogP contribution in [0.25, 0.3) is 11.0 Å². The van der Waals surface area contributed by atoms with Crippen molar-refractivity contribution in [3.8, 4) is 0 Å². The summed E-state index contributed by atoms with van der Waals surface area (Å²) in [5, 5.41) is 2.98. The van der Waals surface area contributed by atoms with Gasteiger partial charge in [-0.2, -0.15) is 0 Å². The molecule has 1 N–H and O–H groups in total. The second-order valence-electron chi connectivity index (χ2n) is 7.21. The number of rotatable bonds is 7. The standard InChI is InChI=1S/C22H24N4O2/c1-25(17-7-3-2-4-8-17)21(27)15-26-19-10-6-5-9-18(19)24-20(26)13-14-23-22(28)16-11-12-16/h2-10,16H,11-15H2,1H3,(H,23,28). The summed E-state index contributed by atoms with van der Waals surface area (Å²) in [6.45, 7) is 0.735. The number of anilines is 1. The zero-order valence-corrected chi connectivity index (χ0v) is 16.0. The van der Waals surface area contributed by atoms with E-state index in [1.54, 1.807) is 11.9 Å². The van der Waals surface area contributed by atoms with Gasteiger partial charge in [0.2, 0.25) is 11.8 Å². The summed E-state index contributed by atoms with van der Waals surface area (Å²) < 4.78 is 1.96. The maximum absolute atomic E-state index is 12.9. The summed E-state index contributed by atoms with van der Waals surface area (Å²) in [5.74, 6) is 1.12. The van der Waals surface area contributed by atoms with Gasteiger partial charge < -0.3 is 14.8 Å². The second kappa shape index (κ2) is 7.84. The molecule has 0 radical (unpaired) electrons. The molecule has 0 atom stereocenters. The molecule has 6 heteroatoms. The SMILES string of the molecule is CN(C(=O)Cn1c(CCNC(=O)C2CC2)nc2ccccc21)c1ccccc1. The van der Waals surface area contributed by atoms with Crippen LogP contribution in [0.5, 0.6) is 0 Å². The fraction of sp³-hybridized carbons (Fsp3) is 0.318. The van der Waals surface area contributed by atoms with Crippen LogP contribution < -0.4 is 10.2 Å². The van der Waals surface area contributed by atoms with Crippen LogP contribution in [0.3, 0.4) is 0 Å². The highest BCUT2D eigenvalue weighted by Gasteiger charge is 2.29. The predicted octanol–water partition coefficient (Wildman–Crippen LogP) is 2.77. The van der Waals surface area contributed by atoms with Crippen molar-refractivity contribution in [2.45, 2.75) is 25.8 Å². The number of amides is 2. The van der Waals surface area contributed by atoms with Crippen molar-refractivity contribution in [3.63, 3.8) is 0 Å². The molecule has 1 fully saturated rings. The van der Waals surface area contributed by atoms with Crippen molar-refractivity contribution >= 4 is 28.5 Å². The lowest BCUT2D eigenvalue weighted by atomic mass is 10.3. The van der Waals surface area contributed by atoms with E-state index >= 15 is 0 Å². The van der Waals surface area contributed by atoms with Crippen molar-refractivity contribution in [2.75, 3.05) is 18.5 Å². The van der Waals surface area contributed by atoms with Gasteiger partial charge in [0, 0.05) is 31.6 Å². The van der Waals surface area contributed by atoms with Gasteiger partial charge in [0.25, 0.3) is 0 Å². The minimum atomic E-state index is -0.0161. The zero-order chi connectivity index (χ0) is 19.5. The average molecular weight is 376 g/mol. The molecular weight excluding hydrogens is 352 g/mol. The molecule has 1 aromatic heterocycles. The number of nitrogens with one attached hydrogen (secondary N) is 1. The topological polar surface area (TPSA) is 67.2 Å². The summed E-state index contributed by atoms with van der Waals surface area (Å²) in [4.78, 5) is 31.1. The first-order chi connectivity index (χ1) is 13.6. The third-order valence-electron chi connectivity index (χ3n) is 5.14. The van der Waals surface area contributed by atoms with Gasteiger partial charge in [-0.15, -0.1) is 0 Å². The number of carbonyl (C=O) groups excluding carboxylic acids is 2. The average Bonchev–Trinajstić information content (AvgIpc) is 3.52. The molecule has 0 aliphatic heterocycles. The molecule has 2 aromatic carbocycles. The van der Waals surface area contributed by atoms with Crippen molar-refractivity contribution in [1.29, 1.82) is 0 Å². The third kappa shape index (κ3) is 3.91. The summed E-state index contributed by atoms with van der Waals surface area (Å²) >= 11 is 0. The molecule has 0 bridgehead atoms. The van der Waals surface area contributed by atoms with Gasteiger partial charge in [0.15, 0.2) is 0 Å². The molecule has 3 aromatic rings. The summed E-state index contributed by atoms with van der Waals surface area (Å²) in [6, 6.07) is 17.4. The van der Waals surface area contributed by atoms with Gasteiger partial charge in [0.1, 0.15) is 12.4 Å². The molecule has 28 heavy (non-hydrogen) atoms. The Balaban J connectivity index is 1.52. The summed E-state index contributed by atoms with van der Waals surface area (Å²) in [7, 11) is 1.78. The van der Waals surface area contributed by atoms with Crippen LogP contribution in [-0.4, -0.2) is 35.0 Å². The molecule has 144 valence electrons. The van der Waals surface area contributed by atoms with E-state index in [0.29, 0.717) is 13.0 Å². The van der Waals surface area contributed by atoms with Gasteiger partial charge >= 0.3 is 0 Å². The monoisotopic (exact) mass is 376 g/mol. The van der Waals surface area contributed by atoms with Gasteiger partial charge in [-0.25, -0.2) is 4.98 Å². The number of fused-ring (bicyclic) bond motifs is 1. The Bertz CT molecular complexity index is 992. The van der Waals surface area contributed by atoms with E-state index in [2.05, 4.69) is 5.32 Å². The largest absolute Gasteiger partial charge is 0.355 e. The van der Waals surface area contributed by atoms with E-state index in [0.717, 1.165) is 35.4 Å². The van der Waals surface area contributed by atoms with Crippen LogP contribution >= 0.6 is 0 Å². The highest BCUT2D eigenvalue weighted by molar-refractivity contribution is 5.93. The molecule has 4 rings (SSSR count). The second-order valence-corrected chi connectivity index (χ2v) is 7.21. The number of hydrogen-bond donors (Lipinski definition) is 1. The van der Waals surface area contributed by atoms with E-state index in [1.165, 1.54) is 0 Å². The Labute approximate surface area is 164 Å². The Hall–Kier alpha value is -3.15. The number of benzene rings is 2. The molecule has 1 heterocycles. The Kier molecular flexibility index (Phi) is 5.10. The van der Waals surface area contributed by atoms with E-state index in [-0.39, 0.29) is 24.3 Å². The number of para-hydroxylation sites is 3. The third-order valence-corrected chi connectivity index (χ3v) is 5.14. The minimum absolute atomic E-state index is 0.0161. The lowest BCUT2D eigenvalue weighted by Crippen LogP contribution is -2.31. The predicted molar refractivity (Wildman–Crippen MR) is 109 cm³/mol. The Morgan fingerprint density at radius 2 is 1.82 bits per heavy atom. The molecule has 0 spiro atoms. The lowest BCUT2D eigenvalue weighted by molar-refractivity contribution is -0.122. The molecule has 2 amide bonds. The highest BCUT2D eigenvalue weighted by atomic mass is 16.2. The number of hydrogen-bond acceptors (Lipinski definition) is 3. The smallest absolute Gasteiger partial charge is 0.246 e. The van der Waals surface area contributed by atoms with Crippen LogP contribution in [0.1, 0.15) is 18.7 Å². The van der Waals surface area contributed by atoms with Crippen LogP contribution in [0, 0.1) is 5.92 Å². The Morgan fingerprint density at radius 1 is 1.11 bits per heavy atom. The molecular formula is C22H24N4O2. The number of likely N-dealkylation sites (N-methyl/N-ethyl adjacent to an activating group) is 1. The maximum Gasteiger partial charge on any atom is 0.246 e. The molecule has 1 aliphatic carbocycles. The van der Waals surface area contributed by atoms with Crippen LogP contribution in [0.2, 0.25) is 0 Å². The van der Waals surface area contributed by atoms with E-state index in [1.807, 2.05) is 59.2 Å². The molecule has 1 saturated carbocycles. The minimum Gasteiger partial charge on any atom is -0.355 e. The van der Waals surface area contributed by atoms with Crippen molar-refractivity contribution in [1.82, 2.24) is 14.9 Å². The first kappa shape index (κ1) is 18.2. The van der Waals surface area contributed by atoms with Crippen LogP contribution in [-0.2, 0) is 22.6 Å². The first-order valence-corrected chi connectivity index (χ1v) is 9.67. The van der Waals surface area contributed by atoms with E-state index in [4.69, 9.17) is 4.98 Å². The fourth-order valence-corrected chi connectivity index (χ4v) is 3.32. The summed E-state index contributed by atoms with van der Waals surface area (Å²) in [5.41, 5.74) is 2.65. The Morgan fingerprint density at radius 3 is 2.57 bits per heavy atom. The van der Waals surface area contributed by atoms with Gasteiger partial charge in [-0.1, -0.05) is 30.3 Å². The molecule has 0 unspecified atom stereocenters. The van der Waals surface area contributed by atoms with E-state index < -0.39 is 0 Å². The highest BCUT2D eigenvalue weighted by Crippen LogP contribution is 2.28. The van der Waals surface area contributed by atoms with Crippen LogP contribution in [0.15, 0.2) is 54.6 Å². The zero-order valence-electron chi connectivity index (χ0n) is 16.0. The number of nitrogens with zero attached hydrogens (tertiary/aromatic N) is 3. The number of imidazole rings is 1. The summed E-state index contributed by atoms with van der Waals surface area (Å²) in [6.07, 6.45) is 2.57. The van der Waals surface area contributed by atoms with Gasteiger partial charge in [0.05, 0.1) is 11.0 Å². The molecule has 1 aliphatic rings. The maximum atomic E-state index is 12.9. The molecule has 0 saturated heterocycles.